The number of carboxylic acids is 1. The first-order valence-corrected chi connectivity index (χ1v) is 4.50. The van der Waals surface area contributed by atoms with Gasteiger partial charge in [0.15, 0.2) is 11.6 Å². The summed E-state index contributed by atoms with van der Waals surface area (Å²) in [6.07, 6.45) is -0.448. The fourth-order valence-electron chi connectivity index (χ4n) is 1.38. The Morgan fingerprint density at radius 1 is 1.62 bits per heavy atom. The van der Waals surface area contributed by atoms with Crippen molar-refractivity contribution in [1.82, 2.24) is 0 Å². The number of hydrogen-bond donors (Lipinski definition) is 3. The smallest absolute Gasteiger partial charge is 0.305 e. The maximum atomic E-state index is 13.5. The van der Waals surface area contributed by atoms with Crippen LogP contribution in [-0.2, 0) is 4.79 Å². The molecular weight excluding hydrogens is 217 g/mol. The molecule has 16 heavy (non-hydrogen) atoms. The van der Waals surface area contributed by atoms with Gasteiger partial charge in [0, 0.05) is 6.04 Å². The quantitative estimate of drug-likeness (QED) is 0.716. The van der Waals surface area contributed by atoms with Crippen LogP contribution >= 0.6 is 0 Å². The first-order valence-electron chi connectivity index (χ1n) is 4.50. The zero-order chi connectivity index (χ0) is 12.3. The van der Waals surface area contributed by atoms with E-state index in [1.807, 2.05) is 0 Å². The largest absolute Gasteiger partial charge is 0.505 e. The van der Waals surface area contributed by atoms with Crippen molar-refractivity contribution in [3.05, 3.63) is 23.5 Å². The normalized spacial score (nSPS) is 12.2. The minimum atomic E-state index is -1.16. The number of carbonyl (C=O) groups is 1. The van der Waals surface area contributed by atoms with E-state index < -0.39 is 30.0 Å². The molecule has 5 nitrogen and oxygen atoms in total. The third kappa shape index (κ3) is 2.40. The number of carboxylic acid groups (broad SMARTS) is 1. The summed E-state index contributed by atoms with van der Waals surface area (Å²) in [7, 11) is 1.31. The van der Waals surface area contributed by atoms with Gasteiger partial charge in [-0.05, 0) is 12.1 Å². The van der Waals surface area contributed by atoms with Crippen molar-refractivity contribution in [3.63, 3.8) is 0 Å². The lowest BCUT2D eigenvalue weighted by molar-refractivity contribution is -0.137. The molecule has 0 amide bonds. The lowest BCUT2D eigenvalue weighted by atomic mass is 10.0. The lowest BCUT2D eigenvalue weighted by Gasteiger charge is -2.15. The van der Waals surface area contributed by atoms with Crippen LogP contribution in [0, 0.1) is 5.82 Å². The highest BCUT2D eigenvalue weighted by atomic mass is 19.1. The minimum absolute atomic E-state index is 0.115. The fourth-order valence-corrected chi connectivity index (χ4v) is 1.38. The van der Waals surface area contributed by atoms with Crippen LogP contribution in [0.15, 0.2) is 12.1 Å². The van der Waals surface area contributed by atoms with E-state index in [2.05, 4.69) is 0 Å². The summed E-state index contributed by atoms with van der Waals surface area (Å²) in [5, 5.41) is 17.7. The molecule has 1 atom stereocenters. The number of phenols is 1. The van der Waals surface area contributed by atoms with Gasteiger partial charge in [-0.2, -0.15) is 0 Å². The SMILES string of the molecule is COc1ccc(O)c(F)c1C(N)CC(=O)O. The zero-order valence-corrected chi connectivity index (χ0v) is 8.61. The highest BCUT2D eigenvalue weighted by Crippen LogP contribution is 2.33. The average Bonchev–Trinajstić information content (AvgIpc) is 2.20. The number of rotatable bonds is 4. The summed E-state index contributed by atoms with van der Waals surface area (Å²) >= 11 is 0. The molecule has 6 heteroatoms. The zero-order valence-electron chi connectivity index (χ0n) is 8.61. The molecule has 1 rings (SSSR count). The molecule has 88 valence electrons. The number of benzene rings is 1. The maximum absolute atomic E-state index is 13.5. The molecule has 1 aromatic rings. The first-order chi connectivity index (χ1) is 7.47. The predicted octanol–water partition coefficient (Wildman–Crippen LogP) is 1.01. The third-order valence-electron chi connectivity index (χ3n) is 2.10. The van der Waals surface area contributed by atoms with Gasteiger partial charge in [0.1, 0.15) is 5.75 Å². The van der Waals surface area contributed by atoms with Gasteiger partial charge in [-0.25, -0.2) is 4.39 Å². The summed E-state index contributed by atoms with van der Waals surface area (Å²) in [6.45, 7) is 0. The van der Waals surface area contributed by atoms with Crippen molar-refractivity contribution in [1.29, 1.82) is 0 Å². The summed E-state index contributed by atoms with van der Waals surface area (Å²) in [6, 6.07) is 1.38. The summed E-state index contributed by atoms with van der Waals surface area (Å²) < 4.78 is 18.4. The van der Waals surface area contributed by atoms with Crippen molar-refractivity contribution in [2.45, 2.75) is 12.5 Å². The van der Waals surface area contributed by atoms with E-state index in [9.17, 15) is 9.18 Å². The molecule has 0 aromatic heterocycles. The Bertz CT molecular complexity index is 408. The summed E-state index contributed by atoms with van der Waals surface area (Å²) in [5.41, 5.74) is 5.40. The predicted molar refractivity (Wildman–Crippen MR) is 53.8 cm³/mol. The van der Waals surface area contributed by atoms with Crippen molar-refractivity contribution >= 4 is 5.97 Å². The molecule has 0 aliphatic rings. The van der Waals surface area contributed by atoms with Gasteiger partial charge in [-0.15, -0.1) is 0 Å². The van der Waals surface area contributed by atoms with Crippen molar-refractivity contribution in [2.75, 3.05) is 7.11 Å². The summed E-state index contributed by atoms with van der Waals surface area (Å²) in [5.74, 6) is -2.58. The molecule has 1 unspecified atom stereocenters. The van der Waals surface area contributed by atoms with E-state index in [4.69, 9.17) is 20.7 Å². The van der Waals surface area contributed by atoms with Crippen molar-refractivity contribution in [2.24, 2.45) is 5.73 Å². The molecule has 0 aliphatic heterocycles. The number of ether oxygens (including phenoxy) is 1. The Kier molecular flexibility index (Phi) is 3.68. The lowest BCUT2D eigenvalue weighted by Crippen LogP contribution is -2.17. The second-order valence-corrected chi connectivity index (χ2v) is 3.22. The van der Waals surface area contributed by atoms with Crippen molar-refractivity contribution in [3.8, 4) is 11.5 Å². The maximum Gasteiger partial charge on any atom is 0.305 e. The number of aromatic hydroxyl groups is 1. The Balaban J connectivity index is 3.18. The van der Waals surface area contributed by atoms with E-state index in [-0.39, 0.29) is 11.3 Å². The molecule has 0 saturated heterocycles. The van der Waals surface area contributed by atoms with Gasteiger partial charge in [0.05, 0.1) is 19.1 Å². The van der Waals surface area contributed by atoms with E-state index in [1.165, 1.54) is 13.2 Å². The van der Waals surface area contributed by atoms with Gasteiger partial charge in [0.2, 0.25) is 0 Å². The van der Waals surface area contributed by atoms with Crippen LogP contribution in [0.3, 0.4) is 0 Å². The van der Waals surface area contributed by atoms with Crippen LogP contribution in [0.5, 0.6) is 11.5 Å². The number of hydrogen-bond acceptors (Lipinski definition) is 4. The number of methoxy groups -OCH3 is 1. The molecule has 0 saturated carbocycles. The van der Waals surface area contributed by atoms with Gasteiger partial charge >= 0.3 is 5.97 Å². The van der Waals surface area contributed by atoms with Crippen LogP contribution < -0.4 is 10.5 Å². The van der Waals surface area contributed by atoms with E-state index in [1.54, 1.807) is 0 Å². The van der Waals surface area contributed by atoms with Crippen molar-refractivity contribution < 1.29 is 24.1 Å². The number of nitrogens with two attached hydrogens (primary N) is 1. The third-order valence-corrected chi connectivity index (χ3v) is 2.10. The van der Waals surface area contributed by atoms with Gasteiger partial charge in [-0.1, -0.05) is 0 Å². The highest BCUT2D eigenvalue weighted by molar-refractivity contribution is 5.68. The Morgan fingerprint density at radius 2 is 2.25 bits per heavy atom. The van der Waals surface area contributed by atoms with Crippen LogP contribution in [0.2, 0.25) is 0 Å². The van der Waals surface area contributed by atoms with E-state index in [0.29, 0.717) is 0 Å². The van der Waals surface area contributed by atoms with Gasteiger partial charge < -0.3 is 20.7 Å². The first kappa shape index (κ1) is 12.3. The van der Waals surface area contributed by atoms with E-state index in [0.717, 1.165) is 6.07 Å². The molecule has 0 heterocycles. The Hall–Kier alpha value is -1.82. The standard InChI is InChI=1S/C10H12FNO4/c1-16-7-3-2-6(13)10(11)9(7)5(12)4-8(14)15/h2-3,5,13H,4,12H2,1H3,(H,14,15). The van der Waals surface area contributed by atoms with Crippen LogP contribution in [-0.4, -0.2) is 23.3 Å². The second-order valence-electron chi connectivity index (χ2n) is 3.22. The molecule has 1 aromatic carbocycles. The number of phenolic OH excluding ortho intramolecular Hbond substituents is 1. The number of aliphatic carboxylic acids is 1. The Labute approximate surface area is 91.3 Å². The van der Waals surface area contributed by atoms with E-state index >= 15 is 0 Å². The minimum Gasteiger partial charge on any atom is -0.505 e. The molecular formula is C10H12FNO4. The number of halogens is 1. The Morgan fingerprint density at radius 3 is 2.75 bits per heavy atom. The van der Waals surface area contributed by atoms with Crippen LogP contribution in [0.1, 0.15) is 18.0 Å². The molecule has 0 aliphatic carbocycles. The monoisotopic (exact) mass is 229 g/mol. The topological polar surface area (TPSA) is 92.8 Å². The summed E-state index contributed by atoms with van der Waals surface area (Å²) in [4.78, 5) is 10.5. The molecule has 0 bridgehead atoms. The second kappa shape index (κ2) is 4.80. The molecule has 0 fully saturated rings. The van der Waals surface area contributed by atoms with Crippen LogP contribution in [0.25, 0.3) is 0 Å². The molecule has 4 N–H and O–H groups in total. The molecule has 0 spiro atoms. The van der Waals surface area contributed by atoms with Gasteiger partial charge in [-0.3, -0.25) is 4.79 Å². The van der Waals surface area contributed by atoms with Gasteiger partial charge in [0.25, 0.3) is 0 Å². The average molecular weight is 229 g/mol. The fraction of sp³-hybridized carbons (Fsp3) is 0.300. The van der Waals surface area contributed by atoms with Crippen LogP contribution in [0.4, 0.5) is 4.39 Å². The molecule has 0 radical (unpaired) electrons. The highest BCUT2D eigenvalue weighted by Gasteiger charge is 2.22.